The third-order valence-corrected chi connectivity index (χ3v) is 2.99. The van der Waals surface area contributed by atoms with Gasteiger partial charge in [-0.15, -0.1) is 0 Å². The molecule has 0 spiro atoms. The van der Waals surface area contributed by atoms with Gasteiger partial charge in [-0.05, 0) is 18.9 Å². The summed E-state index contributed by atoms with van der Waals surface area (Å²) in [5, 5.41) is 10.2. The maximum atomic E-state index is 11.5. The zero-order valence-corrected chi connectivity index (χ0v) is 11.6. The zero-order valence-electron chi connectivity index (χ0n) is 11.6. The molecule has 6 heteroatoms. The number of hydrogen-bond acceptors (Lipinski definition) is 4. The summed E-state index contributed by atoms with van der Waals surface area (Å²) in [6.07, 6.45) is 3.47. The molecular weight excluding hydrogens is 242 g/mol. The minimum Gasteiger partial charge on any atom is -0.357 e. The van der Waals surface area contributed by atoms with Crippen LogP contribution in [0.5, 0.6) is 0 Å². The van der Waals surface area contributed by atoms with Crippen molar-refractivity contribution in [3.63, 3.8) is 0 Å². The molecule has 0 bridgehead atoms. The first-order valence-electron chi connectivity index (χ1n) is 6.35. The molecule has 0 saturated carbocycles. The maximum absolute atomic E-state index is 11.5. The molecular formula is C13H19N5O. The predicted molar refractivity (Wildman–Crippen MR) is 74.2 cm³/mol. The molecule has 19 heavy (non-hydrogen) atoms. The van der Waals surface area contributed by atoms with Gasteiger partial charge in [-0.2, -0.15) is 5.10 Å². The minimum absolute atomic E-state index is 0.0765. The summed E-state index contributed by atoms with van der Waals surface area (Å²) in [5.41, 5.74) is 1.88. The standard InChI is InChI=1S/C13H19N5O/c1-8(2)10-7-11-12(15-5-6-18(11)17-10)16-9(3)13(19)14-4/h5-9H,1-4H3,(H,14,19)(H,15,16). The molecule has 2 rings (SSSR count). The minimum atomic E-state index is -0.346. The second-order valence-electron chi connectivity index (χ2n) is 4.81. The Balaban J connectivity index is 2.35. The van der Waals surface area contributed by atoms with Crippen molar-refractivity contribution in [3.05, 3.63) is 24.2 Å². The van der Waals surface area contributed by atoms with Crippen LogP contribution in [-0.2, 0) is 4.79 Å². The highest BCUT2D eigenvalue weighted by atomic mass is 16.2. The van der Waals surface area contributed by atoms with E-state index in [1.165, 1.54) is 0 Å². The van der Waals surface area contributed by atoms with Crippen molar-refractivity contribution < 1.29 is 4.79 Å². The third kappa shape index (κ3) is 2.67. The largest absolute Gasteiger partial charge is 0.357 e. The lowest BCUT2D eigenvalue weighted by atomic mass is 10.1. The molecule has 1 amide bonds. The van der Waals surface area contributed by atoms with Crippen molar-refractivity contribution >= 4 is 17.2 Å². The van der Waals surface area contributed by atoms with Gasteiger partial charge >= 0.3 is 0 Å². The second kappa shape index (κ2) is 5.26. The van der Waals surface area contributed by atoms with E-state index in [1.807, 2.05) is 6.07 Å². The van der Waals surface area contributed by atoms with Gasteiger partial charge in [-0.1, -0.05) is 13.8 Å². The number of rotatable bonds is 4. The van der Waals surface area contributed by atoms with Gasteiger partial charge in [-0.25, -0.2) is 9.50 Å². The number of likely N-dealkylation sites (N-methyl/N-ethyl adjacent to an activating group) is 1. The molecule has 0 fully saturated rings. The quantitative estimate of drug-likeness (QED) is 0.872. The molecule has 2 N–H and O–H groups in total. The van der Waals surface area contributed by atoms with Gasteiger partial charge in [0.05, 0.1) is 5.69 Å². The van der Waals surface area contributed by atoms with Gasteiger partial charge in [0.2, 0.25) is 5.91 Å². The lowest BCUT2D eigenvalue weighted by Gasteiger charge is -2.13. The van der Waals surface area contributed by atoms with Crippen molar-refractivity contribution in [3.8, 4) is 0 Å². The SMILES string of the molecule is CNC(=O)C(C)Nc1nccn2nc(C(C)C)cc12. The summed E-state index contributed by atoms with van der Waals surface area (Å²) in [4.78, 5) is 15.8. The number of fused-ring (bicyclic) bond motifs is 1. The summed E-state index contributed by atoms with van der Waals surface area (Å²) in [5.74, 6) is 0.939. The van der Waals surface area contributed by atoms with E-state index in [2.05, 4.69) is 34.6 Å². The van der Waals surface area contributed by atoms with Crippen molar-refractivity contribution in [2.45, 2.75) is 32.7 Å². The first kappa shape index (κ1) is 13.3. The van der Waals surface area contributed by atoms with Crippen LogP contribution in [0.3, 0.4) is 0 Å². The monoisotopic (exact) mass is 261 g/mol. The second-order valence-corrected chi connectivity index (χ2v) is 4.81. The molecule has 6 nitrogen and oxygen atoms in total. The van der Waals surface area contributed by atoms with Crippen molar-refractivity contribution in [2.24, 2.45) is 0 Å². The normalized spacial score (nSPS) is 12.7. The van der Waals surface area contributed by atoms with Crippen LogP contribution < -0.4 is 10.6 Å². The number of amides is 1. The van der Waals surface area contributed by atoms with Crippen LogP contribution in [0.1, 0.15) is 32.4 Å². The Kier molecular flexibility index (Phi) is 3.69. The third-order valence-electron chi connectivity index (χ3n) is 2.99. The Hall–Kier alpha value is -2.11. The van der Waals surface area contributed by atoms with E-state index >= 15 is 0 Å². The van der Waals surface area contributed by atoms with Gasteiger partial charge in [0.1, 0.15) is 11.6 Å². The molecule has 0 aromatic carbocycles. The number of nitrogens with one attached hydrogen (secondary N) is 2. The summed E-state index contributed by atoms with van der Waals surface area (Å²) >= 11 is 0. The van der Waals surface area contributed by atoms with E-state index in [9.17, 15) is 4.79 Å². The Morgan fingerprint density at radius 3 is 2.74 bits per heavy atom. The molecule has 1 unspecified atom stereocenters. The Morgan fingerprint density at radius 2 is 2.11 bits per heavy atom. The van der Waals surface area contributed by atoms with E-state index in [4.69, 9.17) is 0 Å². The van der Waals surface area contributed by atoms with Gasteiger partial charge in [0.15, 0.2) is 5.82 Å². The Labute approximate surface area is 112 Å². The van der Waals surface area contributed by atoms with Gasteiger partial charge in [0.25, 0.3) is 0 Å². The van der Waals surface area contributed by atoms with Crippen molar-refractivity contribution in [1.29, 1.82) is 0 Å². The zero-order chi connectivity index (χ0) is 14.0. The smallest absolute Gasteiger partial charge is 0.241 e. The highest BCUT2D eigenvalue weighted by Crippen LogP contribution is 2.20. The van der Waals surface area contributed by atoms with Gasteiger partial charge in [0, 0.05) is 19.4 Å². The lowest BCUT2D eigenvalue weighted by molar-refractivity contribution is -0.121. The Bertz CT molecular complexity index is 590. The first-order valence-corrected chi connectivity index (χ1v) is 6.35. The van der Waals surface area contributed by atoms with Crippen LogP contribution >= 0.6 is 0 Å². The average molecular weight is 261 g/mol. The van der Waals surface area contributed by atoms with Crippen LogP contribution in [0.2, 0.25) is 0 Å². The number of nitrogens with zero attached hydrogens (tertiary/aromatic N) is 3. The van der Waals surface area contributed by atoms with Crippen LogP contribution in [0, 0.1) is 0 Å². The van der Waals surface area contributed by atoms with Crippen LogP contribution in [0.25, 0.3) is 5.52 Å². The number of carbonyl (C=O) groups is 1. The molecule has 2 aromatic heterocycles. The predicted octanol–water partition coefficient (Wildman–Crippen LogP) is 1.40. The van der Waals surface area contributed by atoms with Crippen molar-refractivity contribution in [2.75, 3.05) is 12.4 Å². The van der Waals surface area contributed by atoms with Crippen LogP contribution in [0.4, 0.5) is 5.82 Å². The van der Waals surface area contributed by atoms with E-state index in [0.29, 0.717) is 11.7 Å². The lowest BCUT2D eigenvalue weighted by Crippen LogP contribution is -2.35. The number of anilines is 1. The fourth-order valence-electron chi connectivity index (χ4n) is 1.82. The Morgan fingerprint density at radius 1 is 1.37 bits per heavy atom. The molecule has 0 saturated heterocycles. The van der Waals surface area contributed by atoms with E-state index in [0.717, 1.165) is 11.2 Å². The highest BCUT2D eigenvalue weighted by Gasteiger charge is 2.14. The highest BCUT2D eigenvalue weighted by molar-refractivity contribution is 5.85. The summed E-state index contributed by atoms with van der Waals surface area (Å²) in [6, 6.07) is 1.65. The molecule has 0 radical (unpaired) electrons. The van der Waals surface area contributed by atoms with E-state index in [1.54, 1.807) is 30.9 Å². The maximum Gasteiger partial charge on any atom is 0.241 e. The molecule has 2 heterocycles. The number of carbonyl (C=O) groups excluding carboxylic acids is 1. The molecule has 2 aromatic rings. The topological polar surface area (TPSA) is 71.3 Å². The van der Waals surface area contributed by atoms with Gasteiger partial charge < -0.3 is 10.6 Å². The molecule has 0 aliphatic rings. The summed E-state index contributed by atoms with van der Waals surface area (Å²) in [7, 11) is 1.62. The fraction of sp³-hybridized carbons (Fsp3) is 0.462. The van der Waals surface area contributed by atoms with E-state index in [-0.39, 0.29) is 11.9 Å². The van der Waals surface area contributed by atoms with Crippen LogP contribution in [0.15, 0.2) is 18.5 Å². The van der Waals surface area contributed by atoms with Gasteiger partial charge in [-0.3, -0.25) is 4.79 Å². The van der Waals surface area contributed by atoms with E-state index < -0.39 is 0 Å². The molecule has 102 valence electrons. The van der Waals surface area contributed by atoms with Crippen molar-refractivity contribution in [1.82, 2.24) is 19.9 Å². The molecule has 0 aliphatic heterocycles. The first-order chi connectivity index (χ1) is 9.02. The molecule has 0 aliphatic carbocycles. The average Bonchev–Trinajstić information content (AvgIpc) is 2.83. The molecule has 1 atom stereocenters. The van der Waals surface area contributed by atoms with Crippen LogP contribution in [-0.4, -0.2) is 33.6 Å². The summed E-state index contributed by atoms with van der Waals surface area (Å²) < 4.78 is 1.78. The number of hydrogen-bond donors (Lipinski definition) is 2. The summed E-state index contributed by atoms with van der Waals surface area (Å²) in [6.45, 7) is 5.98. The number of aromatic nitrogens is 3. The fourth-order valence-corrected chi connectivity index (χ4v) is 1.82.